The Kier molecular flexibility index (Phi) is 12.1. The summed E-state index contributed by atoms with van der Waals surface area (Å²) in [6.07, 6.45) is 8.54. The molecule has 7 nitrogen and oxygen atoms in total. The lowest BCUT2D eigenvalue weighted by Gasteiger charge is -2.38. The van der Waals surface area contributed by atoms with Crippen molar-refractivity contribution in [3.8, 4) is 5.75 Å². The molecule has 39 heavy (non-hydrogen) atoms. The number of benzene rings is 2. The Morgan fingerprint density at radius 1 is 1.08 bits per heavy atom. The fourth-order valence-corrected chi connectivity index (χ4v) is 8.80. The standard InChI is InChI=1S/C31H43N4O3P/c1-5-7-20-39-27(12-9-13-28(39)31(37)34-30-22(3)10-8-11-23(30)4)24-14-17-26(18-15-24)38-29(36)19-16-25(35-32)21-33-6-2/h8,10-11,14-15,17-18,21,27-28,32-33H,5-7,9,12-13,16,19-20H2,1-4H3,(H,34,37)/b25-21-,35-32?. The molecule has 0 spiro atoms. The van der Waals surface area contributed by atoms with Crippen LogP contribution < -0.4 is 15.4 Å². The highest BCUT2D eigenvalue weighted by Gasteiger charge is 2.37. The van der Waals surface area contributed by atoms with Gasteiger partial charge in [-0.2, -0.15) is 5.11 Å². The van der Waals surface area contributed by atoms with Crippen molar-refractivity contribution >= 4 is 25.5 Å². The van der Waals surface area contributed by atoms with Crippen molar-refractivity contribution in [2.75, 3.05) is 18.0 Å². The molecule has 0 radical (unpaired) electrons. The third-order valence-electron chi connectivity index (χ3n) is 7.26. The zero-order valence-corrected chi connectivity index (χ0v) is 24.7. The van der Waals surface area contributed by atoms with Crippen LogP contribution in [0.25, 0.3) is 0 Å². The van der Waals surface area contributed by atoms with Crippen molar-refractivity contribution in [2.24, 2.45) is 5.11 Å². The molecule has 3 atom stereocenters. The van der Waals surface area contributed by atoms with E-state index in [2.05, 4.69) is 34.8 Å². The maximum atomic E-state index is 13.6. The lowest BCUT2D eigenvalue weighted by Crippen LogP contribution is -2.31. The first-order valence-corrected chi connectivity index (χ1v) is 15.8. The smallest absolute Gasteiger partial charge is 0.311 e. The van der Waals surface area contributed by atoms with Crippen LogP contribution in [0.2, 0.25) is 0 Å². The predicted octanol–water partition coefficient (Wildman–Crippen LogP) is 7.99. The van der Waals surface area contributed by atoms with Gasteiger partial charge in [0, 0.05) is 30.5 Å². The minimum atomic E-state index is -0.543. The van der Waals surface area contributed by atoms with Gasteiger partial charge in [0.1, 0.15) is 5.75 Å². The number of hydrogen-bond donors (Lipinski definition) is 3. The van der Waals surface area contributed by atoms with Gasteiger partial charge in [-0.25, -0.2) is 5.53 Å². The summed E-state index contributed by atoms with van der Waals surface area (Å²) in [5, 5.41) is 9.75. The molecule has 0 saturated carbocycles. The minimum absolute atomic E-state index is 0.0358. The van der Waals surface area contributed by atoms with E-state index in [-0.39, 0.29) is 24.0 Å². The first kappa shape index (κ1) is 30.5. The van der Waals surface area contributed by atoms with Gasteiger partial charge >= 0.3 is 5.97 Å². The van der Waals surface area contributed by atoms with Gasteiger partial charge in [0.2, 0.25) is 5.91 Å². The van der Waals surface area contributed by atoms with E-state index >= 15 is 0 Å². The first-order chi connectivity index (χ1) is 18.9. The van der Waals surface area contributed by atoms with Gasteiger partial charge in [-0.1, -0.05) is 58.0 Å². The number of aryl methyl sites for hydroxylation is 2. The second-order valence-corrected chi connectivity index (χ2v) is 12.9. The van der Waals surface area contributed by atoms with Gasteiger partial charge in [0.15, 0.2) is 0 Å². The first-order valence-electron chi connectivity index (χ1n) is 14.1. The summed E-state index contributed by atoms with van der Waals surface area (Å²) < 4.78 is 5.55. The Hall–Kier alpha value is -3.05. The van der Waals surface area contributed by atoms with Gasteiger partial charge < -0.3 is 15.4 Å². The summed E-state index contributed by atoms with van der Waals surface area (Å²) in [5.41, 5.74) is 12.5. The van der Waals surface area contributed by atoms with E-state index in [1.165, 1.54) is 5.56 Å². The number of para-hydroxylation sites is 1. The third kappa shape index (κ3) is 8.72. The van der Waals surface area contributed by atoms with Crippen LogP contribution in [0.4, 0.5) is 5.69 Å². The molecule has 1 aliphatic rings. The highest BCUT2D eigenvalue weighted by Crippen LogP contribution is 2.62. The third-order valence-corrected chi connectivity index (χ3v) is 10.7. The molecule has 1 heterocycles. The van der Waals surface area contributed by atoms with Crippen LogP contribution in [0, 0.1) is 19.4 Å². The van der Waals surface area contributed by atoms with Crippen LogP contribution in [0.15, 0.2) is 59.5 Å². The Labute approximate surface area is 234 Å². The number of nitrogens with zero attached hydrogens (tertiary/aromatic N) is 1. The quantitative estimate of drug-likeness (QED) is 0.102. The van der Waals surface area contributed by atoms with E-state index in [1.54, 1.807) is 6.20 Å². The minimum Gasteiger partial charge on any atom is -0.427 e. The molecule has 210 valence electrons. The highest BCUT2D eigenvalue weighted by molar-refractivity contribution is 7.60. The van der Waals surface area contributed by atoms with E-state index in [1.807, 2.05) is 51.1 Å². The van der Waals surface area contributed by atoms with Crippen LogP contribution in [-0.4, -0.2) is 30.2 Å². The number of unbranched alkanes of at least 4 members (excludes halogenated alkanes) is 1. The maximum Gasteiger partial charge on any atom is 0.311 e. The number of rotatable bonds is 13. The van der Waals surface area contributed by atoms with E-state index in [0.717, 1.165) is 61.6 Å². The lowest BCUT2D eigenvalue weighted by molar-refractivity contribution is -0.134. The predicted molar refractivity (Wildman–Crippen MR) is 160 cm³/mol. The van der Waals surface area contributed by atoms with Crippen LogP contribution in [0.3, 0.4) is 0 Å². The zero-order chi connectivity index (χ0) is 28.2. The lowest BCUT2D eigenvalue weighted by atomic mass is 10.0. The number of ether oxygens (including phenoxy) is 1. The summed E-state index contributed by atoms with van der Waals surface area (Å²) in [5.74, 6) is 0.327. The van der Waals surface area contributed by atoms with Gasteiger partial charge in [-0.05, 0) is 75.0 Å². The topological polar surface area (TPSA) is 104 Å². The van der Waals surface area contributed by atoms with Crippen LogP contribution >= 0.6 is 7.92 Å². The van der Waals surface area contributed by atoms with E-state index in [0.29, 0.717) is 23.5 Å². The Morgan fingerprint density at radius 3 is 2.44 bits per heavy atom. The largest absolute Gasteiger partial charge is 0.427 e. The van der Waals surface area contributed by atoms with Crippen molar-refractivity contribution in [3.63, 3.8) is 0 Å². The fourth-order valence-electron chi connectivity index (χ4n) is 5.11. The van der Waals surface area contributed by atoms with Crippen molar-refractivity contribution in [1.29, 1.82) is 5.53 Å². The number of anilines is 1. The molecule has 3 rings (SSSR count). The van der Waals surface area contributed by atoms with Crippen LogP contribution in [-0.2, 0) is 9.59 Å². The molecule has 3 N–H and O–H groups in total. The van der Waals surface area contributed by atoms with Crippen molar-refractivity contribution < 1.29 is 14.3 Å². The normalized spacial score (nSPS) is 19.3. The van der Waals surface area contributed by atoms with E-state index in [9.17, 15) is 9.59 Å². The Morgan fingerprint density at radius 2 is 1.79 bits per heavy atom. The summed E-state index contributed by atoms with van der Waals surface area (Å²) in [6, 6.07) is 14.0. The Bertz CT molecular complexity index is 1130. The molecular formula is C31H43N4O3P. The van der Waals surface area contributed by atoms with Gasteiger partial charge in [0.05, 0.1) is 17.8 Å². The molecule has 1 saturated heterocycles. The van der Waals surface area contributed by atoms with Crippen molar-refractivity contribution in [2.45, 2.75) is 84.0 Å². The second kappa shape index (κ2) is 15.5. The number of esters is 1. The van der Waals surface area contributed by atoms with E-state index < -0.39 is 7.92 Å². The summed E-state index contributed by atoms with van der Waals surface area (Å²) in [7, 11) is -0.543. The van der Waals surface area contributed by atoms with Crippen molar-refractivity contribution in [3.05, 3.63) is 71.1 Å². The molecule has 0 bridgehead atoms. The van der Waals surface area contributed by atoms with Gasteiger partial charge in [0.25, 0.3) is 0 Å². The number of hydrogen-bond acceptors (Lipinski definition) is 6. The fraction of sp³-hybridized carbons (Fsp3) is 0.484. The molecule has 1 amide bonds. The molecule has 1 aliphatic heterocycles. The second-order valence-electron chi connectivity index (χ2n) is 10.2. The molecule has 3 unspecified atom stereocenters. The van der Waals surface area contributed by atoms with Crippen LogP contribution in [0.5, 0.6) is 5.75 Å². The molecule has 2 aromatic rings. The number of carbonyl (C=O) groups excluding carboxylic acids is 2. The number of amides is 1. The molecule has 2 aromatic carbocycles. The van der Waals surface area contributed by atoms with Gasteiger partial charge in [-0.15, -0.1) is 0 Å². The molecule has 8 heteroatoms. The molecule has 1 fully saturated rings. The number of carbonyl (C=O) groups is 2. The monoisotopic (exact) mass is 550 g/mol. The summed E-state index contributed by atoms with van der Waals surface area (Å²) in [6.45, 7) is 8.99. The van der Waals surface area contributed by atoms with Crippen molar-refractivity contribution in [1.82, 2.24) is 5.32 Å². The summed E-state index contributed by atoms with van der Waals surface area (Å²) >= 11 is 0. The summed E-state index contributed by atoms with van der Waals surface area (Å²) in [4.78, 5) is 26.0. The highest BCUT2D eigenvalue weighted by atomic mass is 31.1. The van der Waals surface area contributed by atoms with E-state index in [4.69, 9.17) is 10.3 Å². The number of nitrogens with one attached hydrogen (secondary N) is 3. The average molecular weight is 551 g/mol. The molecule has 0 aliphatic carbocycles. The maximum absolute atomic E-state index is 13.6. The average Bonchev–Trinajstić information content (AvgIpc) is 2.94. The van der Waals surface area contributed by atoms with Gasteiger partial charge in [-0.3, -0.25) is 9.59 Å². The Balaban J connectivity index is 1.69. The van der Waals surface area contributed by atoms with Crippen LogP contribution in [0.1, 0.15) is 81.1 Å². The molecular weight excluding hydrogens is 507 g/mol. The number of allylic oxidation sites excluding steroid dienone is 1. The zero-order valence-electron chi connectivity index (χ0n) is 23.8. The SMILES string of the molecule is CCCCP1C(C(=O)Nc2c(C)cccc2C)CCCC1c1ccc(OC(=O)CC/C(=C/NCC)N=N)cc1. The molecule has 0 aromatic heterocycles.